The minimum atomic E-state index is -0.0558. The molecular weight excluding hydrogens is 224 g/mol. The van der Waals surface area contributed by atoms with Gasteiger partial charge in [0.15, 0.2) is 0 Å². The summed E-state index contributed by atoms with van der Waals surface area (Å²) in [7, 11) is 6.16. The Morgan fingerprint density at radius 1 is 1.22 bits per heavy atom. The molecule has 1 aliphatic carbocycles. The SMILES string of the molecule is COC(C)(C)CCC(N)C1(N(C)C)CCCCC1. The van der Waals surface area contributed by atoms with Crippen LogP contribution in [0.3, 0.4) is 0 Å². The molecule has 0 saturated heterocycles. The van der Waals surface area contributed by atoms with E-state index in [2.05, 4.69) is 32.8 Å². The number of nitrogens with zero attached hydrogens (tertiary/aromatic N) is 1. The molecule has 0 aromatic carbocycles. The normalized spacial score (nSPS) is 22.2. The van der Waals surface area contributed by atoms with Crippen LogP contribution in [0.1, 0.15) is 58.8 Å². The van der Waals surface area contributed by atoms with Gasteiger partial charge in [0.25, 0.3) is 0 Å². The predicted molar refractivity (Wildman–Crippen MR) is 77.8 cm³/mol. The smallest absolute Gasteiger partial charge is 0.0623 e. The Bertz CT molecular complexity index is 245. The summed E-state index contributed by atoms with van der Waals surface area (Å²) >= 11 is 0. The quantitative estimate of drug-likeness (QED) is 0.794. The first-order valence-electron chi connectivity index (χ1n) is 7.32. The van der Waals surface area contributed by atoms with Gasteiger partial charge in [0.05, 0.1) is 5.60 Å². The summed E-state index contributed by atoms with van der Waals surface area (Å²) in [5.74, 6) is 0. The first kappa shape index (κ1) is 15.9. The van der Waals surface area contributed by atoms with Crippen LogP contribution in [0, 0.1) is 0 Å². The fourth-order valence-corrected chi connectivity index (χ4v) is 3.19. The average molecular weight is 256 g/mol. The molecule has 0 bridgehead atoms. The van der Waals surface area contributed by atoms with Gasteiger partial charge in [-0.3, -0.25) is 0 Å². The van der Waals surface area contributed by atoms with Crippen molar-refractivity contribution in [2.75, 3.05) is 21.2 Å². The maximum Gasteiger partial charge on any atom is 0.0623 e. The molecule has 1 fully saturated rings. The van der Waals surface area contributed by atoms with Crippen molar-refractivity contribution >= 4 is 0 Å². The lowest BCUT2D eigenvalue weighted by Crippen LogP contribution is -2.58. The van der Waals surface area contributed by atoms with E-state index in [0.717, 1.165) is 12.8 Å². The van der Waals surface area contributed by atoms with E-state index < -0.39 is 0 Å². The monoisotopic (exact) mass is 256 g/mol. The van der Waals surface area contributed by atoms with E-state index in [-0.39, 0.29) is 17.2 Å². The van der Waals surface area contributed by atoms with E-state index in [4.69, 9.17) is 10.5 Å². The molecule has 0 amide bonds. The third-order valence-corrected chi connectivity index (χ3v) is 4.91. The maximum atomic E-state index is 6.55. The fourth-order valence-electron chi connectivity index (χ4n) is 3.19. The number of hydrogen-bond donors (Lipinski definition) is 1. The number of likely N-dealkylation sites (N-methyl/N-ethyl adjacent to an activating group) is 1. The van der Waals surface area contributed by atoms with Crippen LogP contribution in [0.4, 0.5) is 0 Å². The summed E-state index contributed by atoms with van der Waals surface area (Å²) < 4.78 is 5.50. The van der Waals surface area contributed by atoms with E-state index in [0.29, 0.717) is 0 Å². The van der Waals surface area contributed by atoms with Crippen molar-refractivity contribution < 1.29 is 4.74 Å². The lowest BCUT2D eigenvalue weighted by atomic mass is 9.73. The van der Waals surface area contributed by atoms with Gasteiger partial charge in [0.1, 0.15) is 0 Å². The van der Waals surface area contributed by atoms with Crippen molar-refractivity contribution in [2.24, 2.45) is 5.73 Å². The molecule has 1 aliphatic rings. The largest absolute Gasteiger partial charge is 0.379 e. The van der Waals surface area contributed by atoms with Crippen LogP contribution in [0.5, 0.6) is 0 Å². The van der Waals surface area contributed by atoms with E-state index in [1.165, 1.54) is 32.1 Å². The van der Waals surface area contributed by atoms with Gasteiger partial charge in [-0.1, -0.05) is 19.3 Å². The summed E-state index contributed by atoms with van der Waals surface area (Å²) in [6, 6.07) is 0.252. The highest BCUT2D eigenvalue weighted by Crippen LogP contribution is 2.36. The number of nitrogens with two attached hydrogens (primary N) is 1. The predicted octanol–water partition coefficient (Wildman–Crippen LogP) is 2.78. The summed E-state index contributed by atoms with van der Waals surface area (Å²) in [5.41, 5.74) is 6.70. The highest BCUT2D eigenvalue weighted by molar-refractivity contribution is 4.99. The average Bonchev–Trinajstić information content (AvgIpc) is 2.36. The molecule has 1 atom stereocenters. The van der Waals surface area contributed by atoms with Gasteiger partial charge in [-0.2, -0.15) is 0 Å². The summed E-state index contributed by atoms with van der Waals surface area (Å²) in [6.45, 7) is 4.28. The Morgan fingerprint density at radius 2 is 1.78 bits per heavy atom. The summed E-state index contributed by atoms with van der Waals surface area (Å²) in [6.07, 6.45) is 8.56. The molecule has 2 N–H and O–H groups in total. The minimum Gasteiger partial charge on any atom is -0.379 e. The lowest BCUT2D eigenvalue weighted by molar-refractivity contribution is 0.00225. The molecule has 0 heterocycles. The minimum absolute atomic E-state index is 0.0558. The van der Waals surface area contributed by atoms with Gasteiger partial charge in [0, 0.05) is 18.7 Å². The molecule has 3 heteroatoms. The Kier molecular flexibility index (Phi) is 5.63. The Labute approximate surface area is 113 Å². The molecule has 0 radical (unpaired) electrons. The van der Waals surface area contributed by atoms with Crippen molar-refractivity contribution in [2.45, 2.75) is 76.0 Å². The van der Waals surface area contributed by atoms with Crippen molar-refractivity contribution in [3.8, 4) is 0 Å². The molecule has 1 rings (SSSR count). The van der Waals surface area contributed by atoms with Gasteiger partial charge in [0.2, 0.25) is 0 Å². The fraction of sp³-hybridized carbons (Fsp3) is 1.00. The highest BCUT2D eigenvalue weighted by Gasteiger charge is 2.40. The molecule has 1 saturated carbocycles. The van der Waals surface area contributed by atoms with Crippen molar-refractivity contribution in [3.05, 3.63) is 0 Å². The van der Waals surface area contributed by atoms with Crippen LogP contribution in [0.2, 0.25) is 0 Å². The van der Waals surface area contributed by atoms with Gasteiger partial charge < -0.3 is 15.4 Å². The molecule has 0 aromatic rings. The number of ether oxygens (including phenoxy) is 1. The topological polar surface area (TPSA) is 38.5 Å². The third kappa shape index (κ3) is 3.69. The molecule has 3 nitrogen and oxygen atoms in total. The van der Waals surface area contributed by atoms with Crippen molar-refractivity contribution in [1.82, 2.24) is 4.90 Å². The third-order valence-electron chi connectivity index (χ3n) is 4.91. The highest BCUT2D eigenvalue weighted by atomic mass is 16.5. The molecule has 1 unspecified atom stereocenters. The van der Waals surface area contributed by atoms with Gasteiger partial charge >= 0.3 is 0 Å². The zero-order valence-corrected chi connectivity index (χ0v) is 13.0. The number of hydrogen-bond acceptors (Lipinski definition) is 3. The molecule has 0 aliphatic heterocycles. The molecule has 0 spiro atoms. The summed E-state index contributed by atoms with van der Waals surface area (Å²) in [5, 5.41) is 0. The standard InChI is InChI=1S/C15H32N2O/c1-14(2,18-5)12-9-13(16)15(17(3)4)10-7-6-8-11-15/h13H,6-12,16H2,1-5H3. The second kappa shape index (κ2) is 6.36. The van der Waals surface area contributed by atoms with Crippen LogP contribution in [0.15, 0.2) is 0 Å². The molecular formula is C15H32N2O. The number of methoxy groups -OCH3 is 1. The van der Waals surface area contributed by atoms with E-state index >= 15 is 0 Å². The Hall–Kier alpha value is -0.120. The molecule has 0 aromatic heterocycles. The lowest BCUT2D eigenvalue weighted by Gasteiger charge is -2.47. The van der Waals surface area contributed by atoms with Gasteiger partial charge in [-0.05, 0) is 53.6 Å². The first-order chi connectivity index (χ1) is 8.34. The van der Waals surface area contributed by atoms with Crippen LogP contribution >= 0.6 is 0 Å². The van der Waals surface area contributed by atoms with E-state index in [1.807, 2.05) is 0 Å². The van der Waals surface area contributed by atoms with Crippen molar-refractivity contribution in [1.29, 1.82) is 0 Å². The zero-order chi connectivity index (χ0) is 13.8. The second-order valence-electron chi connectivity index (χ2n) is 6.67. The van der Waals surface area contributed by atoms with Gasteiger partial charge in [-0.25, -0.2) is 0 Å². The van der Waals surface area contributed by atoms with Crippen LogP contribution in [-0.4, -0.2) is 43.3 Å². The van der Waals surface area contributed by atoms with E-state index in [1.54, 1.807) is 7.11 Å². The van der Waals surface area contributed by atoms with Crippen LogP contribution in [-0.2, 0) is 4.74 Å². The van der Waals surface area contributed by atoms with Crippen LogP contribution in [0.25, 0.3) is 0 Å². The maximum absolute atomic E-state index is 6.55. The second-order valence-corrected chi connectivity index (χ2v) is 6.67. The van der Waals surface area contributed by atoms with Crippen molar-refractivity contribution in [3.63, 3.8) is 0 Å². The summed E-state index contributed by atoms with van der Waals surface area (Å²) in [4.78, 5) is 2.37. The van der Waals surface area contributed by atoms with E-state index in [9.17, 15) is 0 Å². The Morgan fingerprint density at radius 3 is 2.22 bits per heavy atom. The van der Waals surface area contributed by atoms with Crippen LogP contribution < -0.4 is 5.73 Å². The Balaban J connectivity index is 2.63. The number of rotatable bonds is 6. The van der Waals surface area contributed by atoms with Gasteiger partial charge in [-0.15, -0.1) is 0 Å². The first-order valence-corrected chi connectivity index (χ1v) is 7.32. The zero-order valence-electron chi connectivity index (χ0n) is 13.0. The molecule has 18 heavy (non-hydrogen) atoms. The molecule has 108 valence electrons.